The van der Waals surface area contributed by atoms with E-state index in [4.69, 9.17) is 49.1 Å². The molecule has 36 heavy (non-hydrogen) atoms. The highest BCUT2D eigenvalue weighted by atomic mass is 35.5. The van der Waals surface area contributed by atoms with Gasteiger partial charge in [-0.15, -0.1) is 0 Å². The van der Waals surface area contributed by atoms with Crippen LogP contribution in [0.4, 0.5) is 10.5 Å². The molecule has 4 rings (SSSR count). The van der Waals surface area contributed by atoms with Gasteiger partial charge in [-0.2, -0.15) is 5.06 Å². The van der Waals surface area contributed by atoms with Gasteiger partial charge >= 0.3 is 6.16 Å². The highest BCUT2D eigenvalue weighted by molar-refractivity contribution is 6.36. The van der Waals surface area contributed by atoms with Gasteiger partial charge in [0.1, 0.15) is 5.54 Å². The summed E-state index contributed by atoms with van der Waals surface area (Å²) >= 11 is 19.0. The van der Waals surface area contributed by atoms with Crippen LogP contribution in [-0.2, 0) is 19.1 Å². The first-order chi connectivity index (χ1) is 17.1. The molecule has 2 aromatic rings. The molecule has 2 heterocycles. The van der Waals surface area contributed by atoms with E-state index in [1.807, 2.05) is 13.8 Å². The average Bonchev–Trinajstić information content (AvgIpc) is 3.01. The van der Waals surface area contributed by atoms with E-state index in [2.05, 4.69) is 0 Å². The number of hydrogen-bond acceptors (Lipinski definition) is 6. The summed E-state index contributed by atoms with van der Waals surface area (Å²) in [5.41, 5.74) is 2.02. The number of amides is 1. The largest absolute Gasteiger partial charge is 0.513 e. The number of hydroxylamine groups is 2. The summed E-state index contributed by atoms with van der Waals surface area (Å²) in [5, 5.41) is 3.12. The molecule has 1 amide bonds. The molecular formula is C26H27Cl3N2O5. The molecule has 10 heteroatoms. The standard InChI is InChI=1S/C26H27Cl3N2O5/c1-5-35-25(33)36-23-22(21-15(2)10-17(27)11-16(21)3)24(32)31(20-13-18(28)12-19(29)14-20)26(23)6-8-30(34-4)9-7-26/h10-14H,5-9H2,1-4H3. The topological polar surface area (TPSA) is 68.3 Å². The van der Waals surface area contributed by atoms with Gasteiger partial charge in [-0.1, -0.05) is 34.8 Å². The van der Waals surface area contributed by atoms with Gasteiger partial charge < -0.3 is 14.3 Å². The molecule has 2 aromatic carbocycles. The van der Waals surface area contributed by atoms with Crippen LogP contribution in [0, 0.1) is 13.8 Å². The number of rotatable bonds is 5. The number of aryl methyl sites for hydroxylation is 2. The Bertz CT molecular complexity index is 1190. The zero-order valence-corrected chi connectivity index (χ0v) is 22.8. The second-order valence-corrected chi connectivity index (χ2v) is 10.1. The van der Waals surface area contributed by atoms with E-state index in [1.54, 1.807) is 54.3 Å². The lowest BCUT2D eigenvalue weighted by molar-refractivity contribution is -0.150. The van der Waals surface area contributed by atoms with Crippen LogP contribution in [0.15, 0.2) is 36.1 Å². The molecular weight excluding hydrogens is 527 g/mol. The summed E-state index contributed by atoms with van der Waals surface area (Å²) in [5.74, 6) is -0.0849. The summed E-state index contributed by atoms with van der Waals surface area (Å²) < 4.78 is 11.0. The van der Waals surface area contributed by atoms with E-state index >= 15 is 0 Å². The van der Waals surface area contributed by atoms with Crippen molar-refractivity contribution in [2.45, 2.75) is 39.2 Å². The Morgan fingerprint density at radius 2 is 1.53 bits per heavy atom. The van der Waals surface area contributed by atoms with E-state index in [0.29, 0.717) is 52.2 Å². The maximum atomic E-state index is 14.4. The normalized spacial score (nSPS) is 17.8. The number of anilines is 1. The third-order valence-corrected chi connectivity index (χ3v) is 7.26. The summed E-state index contributed by atoms with van der Waals surface area (Å²) in [6.07, 6.45) is -0.0112. The molecule has 1 fully saturated rings. The Hall–Kier alpha value is -2.29. The lowest BCUT2D eigenvalue weighted by atomic mass is 9.84. The van der Waals surface area contributed by atoms with Gasteiger partial charge in [0.25, 0.3) is 5.91 Å². The Morgan fingerprint density at radius 1 is 0.972 bits per heavy atom. The highest BCUT2D eigenvalue weighted by Crippen LogP contribution is 2.50. The SMILES string of the molecule is CCOC(=O)OC1=C(c2c(C)cc(Cl)cc2C)C(=O)N(c2cc(Cl)cc(Cl)c2)C12CCN(OC)CC2. The van der Waals surface area contributed by atoms with E-state index in [9.17, 15) is 9.59 Å². The predicted molar refractivity (Wildman–Crippen MR) is 140 cm³/mol. The fraction of sp³-hybridized carbons (Fsp3) is 0.385. The van der Waals surface area contributed by atoms with Crippen molar-refractivity contribution in [3.8, 4) is 0 Å². The van der Waals surface area contributed by atoms with E-state index in [0.717, 1.165) is 11.1 Å². The number of carbonyl (C=O) groups is 2. The summed E-state index contributed by atoms with van der Waals surface area (Å²) in [6, 6.07) is 8.53. The first-order valence-electron chi connectivity index (χ1n) is 11.6. The van der Waals surface area contributed by atoms with E-state index in [1.165, 1.54) is 0 Å². The molecule has 7 nitrogen and oxygen atoms in total. The molecule has 0 saturated carbocycles. The van der Waals surface area contributed by atoms with Crippen LogP contribution in [0.1, 0.15) is 36.5 Å². The van der Waals surface area contributed by atoms with Crippen molar-refractivity contribution in [3.05, 3.63) is 67.8 Å². The lowest BCUT2D eigenvalue weighted by Crippen LogP contribution is -2.55. The van der Waals surface area contributed by atoms with Crippen LogP contribution in [0.25, 0.3) is 5.57 Å². The Kier molecular flexibility index (Phi) is 7.88. The monoisotopic (exact) mass is 552 g/mol. The van der Waals surface area contributed by atoms with Crippen molar-refractivity contribution >= 4 is 58.1 Å². The number of carbonyl (C=O) groups excluding carboxylic acids is 2. The minimum atomic E-state index is -0.999. The van der Waals surface area contributed by atoms with Crippen molar-refractivity contribution < 1.29 is 23.9 Å². The van der Waals surface area contributed by atoms with Gasteiger partial charge in [0.05, 0.1) is 19.3 Å². The Balaban J connectivity index is 2.00. The summed E-state index contributed by atoms with van der Waals surface area (Å²) in [6.45, 7) is 6.56. The van der Waals surface area contributed by atoms with Crippen LogP contribution in [-0.4, -0.2) is 49.5 Å². The fourth-order valence-corrected chi connectivity index (χ4v) is 6.00. The van der Waals surface area contributed by atoms with E-state index < -0.39 is 11.7 Å². The molecule has 1 saturated heterocycles. The van der Waals surface area contributed by atoms with Crippen LogP contribution >= 0.6 is 34.8 Å². The van der Waals surface area contributed by atoms with Gasteiger partial charge in [-0.3, -0.25) is 9.69 Å². The summed E-state index contributed by atoms with van der Waals surface area (Å²) in [4.78, 5) is 34.2. The smallest absolute Gasteiger partial charge is 0.434 e. The minimum absolute atomic E-state index is 0.131. The van der Waals surface area contributed by atoms with Gasteiger partial charge in [0.2, 0.25) is 0 Å². The van der Waals surface area contributed by atoms with Crippen molar-refractivity contribution in [2.24, 2.45) is 0 Å². The van der Waals surface area contributed by atoms with Crippen LogP contribution < -0.4 is 4.90 Å². The van der Waals surface area contributed by atoms with Gasteiger partial charge in [0.15, 0.2) is 5.76 Å². The molecule has 0 bridgehead atoms. The third kappa shape index (κ3) is 4.83. The summed E-state index contributed by atoms with van der Waals surface area (Å²) in [7, 11) is 1.60. The Morgan fingerprint density at radius 3 is 2.06 bits per heavy atom. The van der Waals surface area contributed by atoms with Gasteiger partial charge in [0, 0.05) is 33.8 Å². The molecule has 0 radical (unpaired) electrons. The number of piperidine rings is 1. The van der Waals surface area contributed by atoms with Gasteiger partial charge in [-0.05, 0) is 80.6 Å². The molecule has 1 spiro atoms. The van der Waals surface area contributed by atoms with Gasteiger partial charge in [-0.25, -0.2) is 4.79 Å². The van der Waals surface area contributed by atoms with Crippen molar-refractivity contribution in [1.82, 2.24) is 5.06 Å². The first kappa shape index (κ1) is 26.8. The fourth-order valence-electron chi connectivity index (χ4n) is 5.16. The molecule has 0 N–H and O–H groups in total. The predicted octanol–water partition coefficient (Wildman–Crippen LogP) is 6.59. The number of benzene rings is 2. The molecule has 192 valence electrons. The number of hydrogen-bond donors (Lipinski definition) is 0. The number of halogens is 3. The maximum Gasteiger partial charge on any atom is 0.513 e. The zero-order valence-electron chi connectivity index (χ0n) is 20.5. The highest BCUT2D eigenvalue weighted by Gasteiger charge is 2.56. The van der Waals surface area contributed by atoms with Crippen molar-refractivity contribution in [1.29, 1.82) is 0 Å². The molecule has 2 aliphatic heterocycles. The minimum Gasteiger partial charge on any atom is -0.434 e. The number of nitrogens with zero attached hydrogens (tertiary/aromatic N) is 2. The lowest BCUT2D eigenvalue weighted by Gasteiger charge is -2.44. The van der Waals surface area contributed by atoms with Crippen molar-refractivity contribution in [3.63, 3.8) is 0 Å². The van der Waals surface area contributed by atoms with Crippen molar-refractivity contribution in [2.75, 3.05) is 31.7 Å². The molecule has 0 atom stereocenters. The second-order valence-electron chi connectivity index (χ2n) is 8.82. The quantitative estimate of drug-likeness (QED) is 0.389. The molecule has 0 unspecified atom stereocenters. The first-order valence-corrected chi connectivity index (χ1v) is 12.7. The number of ether oxygens (including phenoxy) is 2. The molecule has 0 aromatic heterocycles. The van der Waals surface area contributed by atoms with E-state index in [-0.39, 0.29) is 23.8 Å². The molecule has 0 aliphatic carbocycles. The van der Waals surface area contributed by atoms with Crippen LogP contribution in [0.2, 0.25) is 15.1 Å². The van der Waals surface area contributed by atoms with Crippen LogP contribution in [0.3, 0.4) is 0 Å². The molecule has 2 aliphatic rings. The zero-order chi connectivity index (χ0) is 26.2. The van der Waals surface area contributed by atoms with Crippen LogP contribution in [0.5, 0.6) is 0 Å². The maximum absolute atomic E-state index is 14.4. The third-order valence-electron chi connectivity index (χ3n) is 6.60. The second kappa shape index (κ2) is 10.6. The average molecular weight is 554 g/mol. The Labute approximate surface area is 225 Å².